The van der Waals surface area contributed by atoms with Crippen LogP contribution in [0, 0.1) is 13.8 Å². The second-order valence-electron chi connectivity index (χ2n) is 5.27. The van der Waals surface area contributed by atoms with Crippen molar-refractivity contribution in [2.75, 3.05) is 19.7 Å². The molecule has 0 amide bonds. The minimum atomic E-state index is -0.0187. The van der Waals surface area contributed by atoms with Crippen LogP contribution < -0.4 is 0 Å². The number of rotatable bonds is 3. The summed E-state index contributed by atoms with van der Waals surface area (Å²) in [6.45, 7) is 7.06. The van der Waals surface area contributed by atoms with Crippen molar-refractivity contribution in [1.82, 2.24) is 24.8 Å². The summed E-state index contributed by atoms with van der Waals surface area (Å²) in [6.07, 6.45) is 5.37. The van der Waals surface area contributed by atoms with Gasteiger partial charge in [0, 0.05) is 32.0 Å². The van der Waals surface area contributed by atoms with Gasteiger partial charge in [-0.2, -0.15) is 0 Å². The zero-order chi connectivity index (χ0) is 14.7. The van der Waals surface area contributed by atoms with E-state index in [1.807, 2.05) is 19.9 Å². The third kappa shape index (κ3) is 3.59. The summed E-state index contributed by atoms with van der Waals surface area (Å²) >= 11 is 0. The lowest BCUT2D eigenvalue weighted by molar-refractivity contribution is -0.0355. The van der Waals surface area contributed by atoms with E-state index >= 15 is 0 Å². The number of aromatic nitrogens is 4. The second-order valence-corrected chi connectivity index (χ2v) is 5.27. The molecule has 1 aliphatic heterocycles. The molecule has 6 heteroatoms. The van der Waals surface area contributed by atoms with Crippen LogP contribution in [0.3, 0.4) is 0 Å². The minimum Gasteiger partial charge on any atom is -0.369 e. The molecule has 3 heterocycles. The molecule has 1 atom stereocenters. The Hall–Kier alpha value is -1.92. The van der Waals surface area contributed by atoms with E-state index < -0.39 is 0 Å². The van der Waals surface area contributed by atoms with Gasteiger partial charge in [-0.05, 0) is 19.9 Å². The normalized spacial score (nSPS) is 19.6. The molecule has 0 aliphatic carbocycles. The van der Waals surface area contributed by atoms with Gasteiger partial charge in [0.1, 0.15) is 11.9 Å². The van der Waals surface area contributed by atoms with Crippen LogP contribution >= 0.6 is 0 Å². The fraction of sp³-hybridized carbons (Fsp3) is 0.467. The van der Waals surface area contributed by atoms with Crippen LogP contribution in [0.1, 0.15) is 29.0 Å². The van der Waals surface area contributed by atoms with Crippen LogP contribution in [0.5, 0.6) is 0 Å². The molecule has 0 saturated carbocycles. The number of hydrogen-bond donors (Lipinski definition) is 0. The summed E-state index contributed by atoms with van der Waals surface area (Å²) in [6, 6.07) is 1.96. The highest BCUT2D eigenvalue weighted by Gasteiger charge is 2.23. The fourth-order valence-corrected chi connectivity index (χ4v) is 2.42. The van der Waals surface area contributed by atoms with Crippen LogP contribution in [0.25, 0.3) is 0 Å². The molecule has 110 valence electrons. The molecule has 1 aliphatic rings. The van der Waals surface area contributed by atoms with Crippen LogP contribution in [0.2, 0.25) is 0 Å². The predicted molar refractivity (Wildman–Crippen MR) is 77.5 cm³/mol. The lowest BCUT2D eigenvalue weighted by atomic mass is 10.2. The molecule has 21 heavy (non-hydrogen) atoms. The van der Waals surface area contributed by atoms with Gasteiger partial charge in [0.15, 0.2) is 0 Å². The maximum atomic E-state index is 5.82. The van der Waals surface area contributed by atoms with E-state index in [-0.39, 0.29) is 6.10 Å². The van der Waals surface area contributed by atoms with Crippen molar-refractivity contribution in [3.8, 4) is 0 Å². The van der Waals surface area contributed by atoms with E-state index in [0.717, 1.165) is 42.5 Å². The third-order valence-electron chi connectivity index (χ3n) is 3.50. The first-order chi connectivity index (χ1) is 10.2. The van der Waals surface area contributed by atoms with E-state index in [2.05, 4.69) is 24.8 Å². The lowest BCUT2D eigenvalue weighted by Crippen LogP contribution is -2.38. The van der Waals surface area contributed by atoms with Crippen LogP contribution in [-0.2, 0) is 11.3 Å². The summed E-state index contributed by atoms with van der Waals surface area (Å²) in [4.78, 5) is 19.6. The van der Waals surface area contributed by atoms with E-state index in [9.17, 15) is 0 Å². The molecule has 0 spiro atoms. The third-order valence-corrected chi connectivity index (χ3v) is 3.50. The zero-order valence-corrected chi connectivity index (χ0v) is 12.4. The second kappa shape index (κ2) is 6.24. The van der Waals surface area contributed by atoms with Crippen LogP contribution in [0.4, 0.5) is 0 Å². The molecule has 0 N–H and O–H groups in total. The highest BCUT2D eigenvalue weighted by Crippen LogP contribution is 2.20. The van der Waals surface area contributed by atoms with Crippen molar-refractivity contribution < 1.29 is 4.74 Å². The van der Waals surface area contributed by atoms with Gasteiger partial charge in [-0.3, -0.25) is 14.9 Å². The van der Waals surface area contributed by atoms with Crippen molar-refractivity contribution in [1.29, 1.82) is 0 Å². The summed E-state index contributed by atoms with van der Waals surface area (Å²) < 4.78 is 5.82. The van der Waals surface area contributed by atoms with Crippen molar-refractivity contribution in [2.24, 2.45) is 0 Å². The Kier molecular flexibility index (Phi) is 4.17. The maximum absolute atomic E-state index is 5.82. The van der Waals surface area contributed by atoms with Crippen molar-refractivity contribution in [3.63, 3.8) is 0 Å². The Labute approximate surface area is 124 Å². The van der Waals surface area contributed by atoms with Gasteiger partial charge in [0.05, 0.1) is 29.9 Å². The predicted octanol–water partition coefficient (Wildman–Crippen LogP) is 1.46. The Morgan fingerprint density at radius 1 is 1.24 bits per heavy atom. The maximum Gasteiger partial charge on any atom is 0.125 e. The molecule has 6 nitrogen and oxygen atoms in total. The van der Waals surface area contributed by atoms with Gasteiger partial charge in [-0.15, -0.1) is 0 Å². The quantitative estimate of drug-likeness (QED) is 0.850. The van der Waals surface area contributed by atoms with Crippen molar-refractivity contribution >= 4 is 0 Å². The number of nitrogens with zero attached hydrogens (tertiary/aromatic N) is 5. The number of hydrogen-bond acceptors (Lipinski definition) is 6. The van der Waals surface area contributed by atoms with Gasteiger partial charge >= 0.3 is 0 Å². The highest BCUT2D eigenvalue weighted by atomic mass is 16.5. The highest BCUT2D eigenvalue weighted by molar-refractivity contribution is 5.06. The first-order valence-corrected chi connectivity index (χ1v) is 7.12. The summed E-state index contributed by atoms with van der Waals surface area (Å²) in [5.41, 5.74) is 2.85. The molecule has 0 aromatic carbocycles. The average molecular weight is 285 g/mol. The summed E-state index contributed by atoms with van der Waals surface area (Å²) in [7, 11) is 0. The molecule has 1 fully saturated rings. The summed E-state index contributed by atoms with van der Waals surface area (Å²) in [5.74, 6) is 0.807. The Morgan fingerprint density at radius 3 is 2.90 bits per heavy atom. The fourth-order valence-electron chi connectivity index (χ4n) is 2.42. The van der Waals surface area contributed by atoms with Gasteiger partial charge in [-0.25, -0.2) is 9.97 Å². The van der Waals surface area contributed by atoms with E-state index in [4.69, 9.17) is 4.74 Å². The molecule has 0 bridgehead atoms. The summed E-state index contributed by atoms with van der Waals surface area (Å²) in [5, 5.41) is 0. The van der Waals surface area contributed by atoms with Gasteiger partial charge in [0.2, 0.25) is 0 Å². The Balaban J connectivity index is 1.67. The zero-order valence-electron chi connectivity index (χ0n) is 12.4. The standard InChI is InChI=1S/C15H19N5O/c1-11-7-18-14(8-17-11)15-10-20(5-6-21-15)9-13-3-4-16-12(2)19-13/h3-4,7-8,15H,5-6,9-10H2,1-2H3/t15-/m0/s1. The molecular formula is C15H19N5O. The molecule has 1 saturated heterocycles. The first-order valence-electron chi connectivity index (χ1n) is 7.12. The molecule has 0 unspecified atom stereocenters. The average Bonchev–Trinajstić information content (AvgIpc) is 2.48. The lowest BCUT2D eigenvalue weighted by Gasteiger charge is -2.32. The molecule has 2 aromatic heterocycles. The molecule has 2 aromatic rings. The number of aryl methyl sites for hydroxylation is 2. The van der Waals surface area contributed by atoms with Gasteiger partial charge in [0.25, 0.3) is 0 Å². The number of morpholine rings is 1. The van der Waals surface area contributed by atoms with E-state index in [1.165, 1.54) is 0 Å². The van der Waals surface area contributed by atoms with Crippen molar-refractivity contribution in [2.45, 2.75) is 26.5 Å². The number of ether oxygens (including phenoxy) is 1. The van der Waals surface area contributed by atoms with Crippen LogP contribution in [-0.4, -0.2) is 44.5 Å². The molecule has 0 radical (unpaired) electrons. The Bertz CT molecular complexity index is 601. The van der Waals surface area contributed by atoms with Gasteiger partial charge < -0.3 is 4.74 Å². The van der Waals surface area contributed by atoms with E-state index in [0.29, 0.717) is 6.61 Å². The van der Waals surface area contributed by atoms with Gasteiger partial charge in [-0.1, -0.05) is 0 Å². The Morgan fingerprint density at radius 2 is 2.14 bits per heavy atom. The van der Waals surface area contributed by atoms with Crippen LogP contribution in [0.15, 0.2) is 24.7 Å². The van der Waals surface area contributed by atoms with Crippen molar-refractivity contribution in [3.05, 3.63) is 47.6 Å². The minimum absolute atomic E-state index is 0.0187. The monoisotopic (exact) mass is 285 g/mol. The largest absolute Gasteiger partial charge is 0.369 e. The smallest absolute Gasteiger partial charge is 0.125 e. The molecule has 3 rings (SSSR count). The SMILES string of the molecule is Cc1cnc([C@@H]2CN(Cc3ccnc(C)n3)CCO2)cn1. The first kappa shape index (κ1) is 14.0. The van der Waals surface area contributed by atoms with E-state index in [1.54, 1.807) is 18.6 Å². The topological polar surface area (TPSA) is 64.0 Å². The molecular weight excluding hydrogens is 266 g/mol.